The Morgan fingerprint density at radius 2 is 2.07 bits per heavy atom. The van der Waals surface area contributed by atoms with Crippen LogP contribution in [-0.2, 0) is 11.3 Å². The van der Waals surface area contributed by atoms with Gasteiger partial charge in [-0.25, -0.2) is 4.79 Å². The van der Waals surface area contributed by atoms with Gasteiger partial charge in [-0.2, -0.15) is 0 Å². The molecule has 3 rings (SSSR count). The van der Waals surface area contributed by atoms with E-state index in [1.807, 2.05) is 30.3 Å². The molecule has 74 valence electrons. The van der Waals surface area contributed by atoms with E-state index in [1.165, 1.54) is 0 Å². The summed E-state index contributed by atoms with van der Waals surface area (Å²) in [6.07, 6.45) is 0. The largest absolute Gasteiger partial charge is 0.457 e. The van der Waals surface area contributed by atoms with Crippen LogP contribution in [0.25, 0.3) is 10.8 Å². The normalized spacial score (nSPS) is 14.0. The summed E-state index contributed by atoms with van der Waals surface area (Å²) in [5.74, 6) is -0.312. The second kappa shape index (κ2) is 2.73. The summed E-state index contributed by atoms with van der Waals surface area (Å²) in [5.41, 5.74) is 7.91. The fraction of sp³-hybridized carbons (Fsp3) is 0.0833. The van der Waals surface area contributed by atoms with Crippen LogP contribution >= 0.6 is 0 Å². The average Bonchev–Trinajstić information content (AvgIpc) is 2.61. The van der Waals surface area contributed by atoms with E-state index in [9.17, 15) is 4.79 Å². The molecule has 2 aromatic carbocycles. The topological polar surface area (TPSA) is 52.3 Å². The van der Waals surface area contributed by atoms with Crippen LogP contribution in [0.4, 0.5) is 5.69 Å². The molecule has 0 atom stereocenters. The third-order valence-corrected chi connectivity index (χ3v) is 2.73. The maximum absolute atomic E-state index is 11.4. The van der Waals surface area contributed by atoms with E-state index in [0.717, 1.165) is 16.3 Å². The Hall–Kier alpha value is -2.03. The van der Waals surface area contributed by atoms with Crippen LogP contribution in [0.15, 0.2) is 30.3 Å². The van der Waals surface area contributed by atoms with Crippen molar-refractivity contribution < 1.29 is 9.53 Å². The van der Waals surface area contributed by atoms with Crippen molar-refractivity contribution in [2.75, 3.05) is 5.73 Å². The van der Waals surface area contributed by atoms with Gasteiger partial charge < -0.3 is 10.5 Å². The quantitative estimate of drug-likeness (QED) is 0.522. The summed E-state index contributed by atoms with van der Waals surface area (Å²) < 4.78 is 4.96. The summed E-state index contributed by atoms with van der Waals surface area (Å²) in [6.45, 7) is 0.337. The first-order chi connectivity index (χ1) is 7.27. The molecule has 0 amide bonds. The zero-order valence-corrected chi connectivity index (χ0v) is 7.99. The van der Waals surface area contributed by atoms with Crippen LogP contribution in [0.1, 0.15) is 15.9 Å². The summed E-state index contributed by atoms with van der Waals surface area (Å²) in [5, 5.41) is 1.96. The van der Waals surface area contributed by atoms with Gasteiger partial charge in [0.25, 0.3) is 0 Å². The molecule has 1 aliphatic rings. The van der Waals surface area contributed by atoms with Gasteiger partial charge in [-0.3, -0.25) is 0 Å². The summed E-state index contributed by atoms with van der Waals surface area (Å²) in [7, 11) is 0. The average molecular weight is 199 g/mol. The number of carbonyl (C=O) groups is 1. The van der Waals surface area contributed by atoms with Gasteiger partial charge in [-0.05, 0) is 11.5 Å². The lowest BCUT2D eigenvalue weighted by Crippen LogP contribution is -2.01. The number of carbonyl (C=O) groups excluding carboxylic acids is 1. The molecule has 0 aliphatic carbocycles. The number of fused-ring (bicyclic) bond motifs is 2. The van der Waals surface area contributed by atoms with E-state index >= 15 is 0 Å². The van der Waals surface area contributed by atoms with Crippen LogP contribution in [0.5, 0.6) is 0 Å². The van der Waals surface area contributed by atoms with Gasteiger partial charge in [-0.1, -0.05) is 24.3 Å². The molecular formula is C12H9NO2. The molecule has 0 spiro atoms. The van der Waals surface area contributed by atoms with E-state index in [-0.39, 0.29) is 5.97 Å². The number of ether oxygens (including phenoxy) is 1. The molecule has 0 aromatic heterocycles. The minimum absolute atomic E-state index is 0.312. The number of cyclic esters (lactones) is 1. The Morgan fingerprint density at radius 3 is 2.93 bits per heavy atom. The Morgan fingerprint density at radius 1 is 1.27 bits per heavy atom. The maximum Gasteiger partial charge on any atom is 0.341 e. The molecule has 15 heavy (non-hydrogen) atoms. The van der Waals surface area contributed by atoms with Crippen LogP contribution in [0.3, 0.4) is 0 Å². The molecule has 1 aliphatic heterocycles. The number of benzene rings is 2. The van der Waals surface area contributed by atoms with E-state index in [1.54, 1.807) is 0 Å². The fourth-order valence-electron chi connectivity index (χ4n) is 2.01. The number of hydrogen-bond donors (Lipinski definition) is 1. The van der Waals surface area contributed by atoms with Gasteiger partial charge >= 0.3 is 5.97 Å². The van der Waals surface area contributed by atoms with Crippen molar-refractivity contribution in [1.29, 1.82) is 0 Å². The molecule has 1 heterocycles. The SMILES string of the molecule is Nc1c2c(cc3ccccc13)COC2=O. The molecular weight excluding hydrogens is 190 g/mol. The Balaban J connectivity index is 2.46. The zero-order chi connectivity index (χ0) is 10.4. The minimum atomic E-state index is -0.312. The number of nitrogen functional groups attached to an aromatic ring is 1. The van der Waals surface area contributed by atoms with Gasteiger partial charge in [0, 0.05) is 10.9 Å². The lowest BCUT2D eigenvalue weighted by Gasteiger charge is -2.05. The van der Waals surface area contributed by atoms with Gasteiger partial charge in [0.2, 0.25) is 0 Å². The molecule has 0 saturated carbocycles. The predicted octanol–water partition coefficient (Wildman–Crippen LogP) is 2.09. The van der Waals surface area contributed by atoms with Crippen molar-refractivity contribution in [2.45, 2.75) is 6.61 Å². The van der Waals surface area contributed by atoms with Crippen LogP contribution in [0.2, 0.25) is 0 Å². The second-order valence-corrected chi connectivity index (χ2v) is 3.62. The highest BCUT2D eigenvalue weighted by molar-refractivity contribution is 6.08. The molecule has 0 unspecified atom stereocenters. The summed E-state index contributed by atoms with van der Waals surface area (Å²) in [4.78, 5) is 11.4. The Bertz CT molecular complexity index is 575. The highest BCUT2D eigenvalue weighted by Crippen LogP contribution is 2.32. The monoisotopic (exact) mass is 199 g/mol. The third kappa shape index (κ3) is 1.03. The molecule has 0 bridgehead atoms. The number of esters is 1. The molecule has 0 radical (unpaired) electrons. The smallest absolute Gasteiger partial charge is 0.341 e. The van der Waals surface area contributed by atoms with Gasteiger partial charge in [0.1, 0.15) is 6.61 Å². The van der Waals surface area contributed by atoms with E-state index < -0.39 is 0 Å². The Labute approximate surface area is 86.5 Å². The Kier molecular flexibility index (Phi) is 1.51. The van der Waals surface area contributed by atoms with Crippen LogP contribution in [-0.4, -0.2) is 5.97 Å². The first-order valence-electron chi connectivity index (χ1n) is 4.74. The first-order valence-corrected chi connectivity index (χ1v) is 4.74. The predicted molar refractivity (Wildman–Crippen MR) is 57.5 cm³/mol. The van der Waals surface area contributed by atoms with Gasteiger partial charge in [0.05, 0.1) is 11.3 Å². The highest BCUT2D eigenvalue weighted by atomic mass is 16.5. The van der Waals surface area contributed by atoms with Crippen LogP contribution in [0, 0.1) is 0 Å². The molecule has 2 N–H and O–H groups in total. The van der Waals surface area contributed by atoms with Crippen molar-refractivity contribution in [3.05, 3.63) is 41.5 Å². The third-order valence-electron chi connectivity index (χ3n) is 2.73. The highest BCUT2D eigenvalue weighted by Gasteiger charge is 2.25. The molecule has 3 heteroatoms. The number of anilines is 1. The number of nitrogens with two attached hydrogens (primary N) is 1. The standard InChI is InChI=1S/C12H9NO2/c13-11-9-4-2-1-3-7(9)5-8-6-15-12(14)10(8)11/h1-5H,6,13H2. The van der Waals surface area contributed by atoms with Crippen molar-refractivity contribution in [3.63, 3.8) is 0 Å². The second-order valence-electron chi connectivity index (χ2n) is 3.62. The van der Waals surface area contributed by atoms with E-state index in [2.05, 4.69) is 0 Å². The molecule has 3 nitrogen and oxygen atoms in total. The van der Waals surface area contributed by atoms with Gasteiger partial charge in [-0.15, -0.1) is 0 Å². The van der Waals surface area contributed by atoms with Crippen molar-refractivity contribution in [3.8, 4) is 0 Å². The lowest BCUT2D eigenvalue weighted by atomic mass is 10.0. The van der Waals surface area contributed by atoms with E-state index in [4.69, 9.17) is 10.5 Å². The molecule has 0 saturated heterocycles. The number of hydrogen-bond acceptors (Lipinski definition) is 3. The van der Waals surface area contributed by atoms with Gasteiger partial charge in [0.15, 0.2) is 0 Å². The summed E-state index contributed by atoms with van der Waals surface area (Å²) in [6, 6.07) is 9.72. The molecule has 2 aromatic rings. The van der Waals surface area contributed by atoms with Crippen LogP contribution < -0.4 is 5.73 Å². The summed E-state index contributed by atoms with van der Waals surface area (Å²) >= 11 is 0. The maximum atomic E-state index is 11.4. The van der Waals surface area contributed by atoms with Crippen molar-refractivity contribution in [1.82, 2.24) is 0 Å². The molecule has 0 fully saturated rings. The number of rotatable bonds is 0. The van der Waals surface area contributed by atoms with E-state index in [0.29, 0.717) is 17.9 Å². The van der Waals surface area contributed by atoms with Crippen molar-refractivity contribution >= 4 is 22.4 Å². The lowest BCUT2D eigenvalue weighted by molar-refractivity contribution is 0.0536. The van der Waals surface area contributed by atoms with Crippen molar-refractivity contribution in [2.24, 2.45) is 0 Å². The minimum Gasteiger partial charge on any atom is -0.457 e. The first kappa shape index (κ1) is 8.29. The zero-order valence-electron chi connectivity index (χ0n) is 7.99. The fourth-order valence-corrected chi connectivity index (χ4v) is 2.01.